The Bertz CT molecular complexity index is 1120. The molecule has 10 heteroatoms. The molecule has 0 aliphatic heterocycles. The van der Waals surface area contributed by atoms with Gasteiger partial charge in [0.15, 0.2) is 0 Å². The van der Waals surface area contributed by atoms with Crippen LogP contribution in [-0.4, -0.2) is 60.9 Å². The average Bonchev–Trinajstić information content (AvgIpc) is 3.15. The number of pyridine rings is 1. The number of esters is 1. The van der Waals surface area contributed by atoms with Gasteiger partial charge in [-0.2, -0.15) is 0 Å². The summed E-state index contributed by atoms with van der Waals surface area (Å²) in [6.07, 6.45) is 3.65. The highest BCUT2D eigenvalue weighted by Crippen LogP contribution is 2.29. The number of likely N-dealkylation sites (N-methyl/N-ethyl adjacent to an activating group) is 1. The summed E-state index contributed by atoms with van der Waals surface area (Å²) in [7, 11) is 4.71. The van der Waals surface area contributed by atoms with Crippen LogP contribution in [0.3, 0.4) is 0 Å². The Morgan fingerprint density at radius 3 is 2.45 bits per heavy atom. The molecule has 1 saturated carbocycles. The van der Waals surface area contributed by atoms with E-state index < -0.39 is 6.09 Å². The van der Waals surface area contributed by atoms with Crippen molar-refractivity contribution in [2.75, 3.05) is 27.8 Å². The molecule has 38 heavy (non-hydrogen) atoms. The van der Waals surface area contributed by atoms with E-state index in [1.54, 1.807) is 20.2 Å². The van der Waals surface area contributed by atoms with Gasteiger partial charge in [-0.25, -0.2) is 15.6 Å². The third-order valence-corrected chi connectivity index (χ3v) is 6.66. The van der Waals surface area contributed by atoms with Crippen molar-refractivity contribution in [2.45, 2.75) is 51.7 Å². The first-order valence-corrected chi connectivity index (χ1v) is 12.8. The molecular formula is C28H39N5O5. The van der Waals surface area contributed by atoms with Crippen LogP contribution >= 0.6 is 0 Å². The zero-order chi connectivity index (χ0) is 27.7. The van der Waals surface area contributed by atoms with Crippen molar-refractivity contribution in [3.8, 4) is 5.75 Å². The maximum absolute atomic E-state index is 12.6. The molecule has 0 saturated heterocycles. The predicted octanol–water partition coefficient (Wildman–Crippen LogP) is 3.59. The minimum absolute atomic E-state index is 0.0983. The number of ether oxygens (including phenoxy) is 3. The SMILES string of the molecule is COC(=O)C1CCCCC(Oc2ccc(/C(N)=C(\COC(=O)N(C)Cc3ccccc3)N(C)N)nc2C)C1. The van der Waals surface area contributed by atoms with E-state index in [1.165, 1.54) is 17.0 Å². The molecule has 1 aromatic carbocycles. The molecule has 10 nitrogen and oxygen atoms in total. The van der Waals surface area contributed by atoms with Gasteiger partial charge in [0, 0.05) is 20.6 Å². The number of nitrogens with two attached hydrogens (primary N) is 2. The number of aromatic nitrogens is 1. The predicted molar refractivity (Wildman–Crippen MR) is 144 cm³/mol. The van der Waals surface area contributed by atoms with Gasteiger partial charge in [0.05, 0.1) is 41.9 Å². The summed E-state index contributed by atoms with van der Waals surface area (Å²) in [6, 6.07) is 13.2. The molecular weight excluding hydrogens is 486 g/mol. The lowest BCUT2D eigenvalue weighted by molar-refractivity contribution is -0.146. The van der Waals surface area contributed by atoms with Gasteiger partial charge in [0.2, 0.25) is 0 Å². The van der Waals surface area contributed by atoms with Crippen LogP contribution in [0.25, 0.3) is 5.70 Å². The number of hydrazine groups is 1. The van der Waals surface area contributed by atoms with Crippen molar-refractivity contribution >= 4 is 17.8 Å². The lowest BCUT2D eigenvalue weighted by atomic mass is 9.99. The third-order valence-electron chi connectivity index (χ3n) is 6.66. The van der Waals surface area contributed by atoms with Gasteiger partial charge < -0.3 is 29.9 Å². The molecule has 206 valence electrons. The standard InChI is InChI=1S/C28H39N5O5/c1-19-25(38-22-13-9-8-12-21(16-22)27(34)36-4)15-14-23(31-19)26(29)24(33(3)30)18-37-28(35)32(2)17-20-10-6-5-7-11-20/h5-7,10-11,14-15,21-22H,8-9,12-13,16-18,29-30H2,1-4H3/b26-24-. The van der Waals surface area contributed by atoms with E-state index in [9.17, 15) is 9.59 Å². The minimum Gasteiger partial charge on any atom is -0.489 e. The summed E-state index contributed by atoms with van der Waals surface area (Å²) in [6.45, 7) is 2.13. The number of carbonyl (C=O) groups is 2. The maximum Gasteiger partial charge on any atom is 0.410 e. The van der Waals surface area contributed by atoms with Gasteiger partial charge in [-0.15, -0.1) is 0 Å². The van der Waals surface area contributed by atoms with Crippen molar-refractivity contribution in [1.82, 2.24) is 14.9 Å². The fraction of sp³-hybridized carbons (Fsp3) is 0.464. The molecule has 0 spiro atoms. The Morgan fingerprint density at radius 1 is 1.08 bits per heavy atom. The topological polar surface area (TPSA) is 133 Å². The molecule has 2 aromatic rings. The van der Waals surface area contributed by atoms with Crippen molar-refractivity contribution in [1.29, 1.82) is 0 Å². The number of benzene rings is 1. The van der Waals surface area contributed by atoms with Crippen molar-refractivity contribution in [3.05, 3.63) is 65.1 Å². The smallest absolute Gasteiger partial charge is 0.410 e. The molecule has 4 N–H and O–H groups in total. The van der Waals surface area contributed by atoms with Gasteiger partial charge in [-0.3, -0.25) is 4.79 Å². The zero-order valence-corrected chi connectivity index (χ0v) is 22.7. The van der Waals surface area contributed by atoms with Crippen LogP contribution in [0.15, 0.2) is 48.2 Å². The van der Waals surface area contributed by atoms with E-state index in [2.05, 4.69) is 4.98 Å². The van der Waals surface area contributed by atoms with Crippen LogP contribution in [0.1, 0.15) is 49.1 Å². The molecule has 1 fully saturated rings. The largest absolute Gasteiger partial charge is 0.489 e. The summed E-state index contributed by atoms with van der Waals surface area (Å²) in [5.41, 5.74) is 9.26. The van der Waals surface area contributed by atoms with Crippen LogP contribution in [0.4, 0.5) is 4.79 Å². The van der Waals surface area contributed by atoms with Crippen LogP contribution in [0, 0.1) is 12.8 Å². The first-order chi connectivity index (χ1) is 18.2. The number of hydrogen-bond donors (Lipinski definition) is 2. The molecule has 3 rings (SSSR count). The minimum atomic E-state index is -0.498. The van der Waals surface area contributed by atoms with Gasteiger partial charge >= 0.3 is 12.1 Å². The Kier molecular flexibility index (Phi) is 10.3. The normalized spacial score (nSPS) is 18.0. The monoisotopic (exact) mass is 525 g/mol. The molecule has 1 aromatic heterocycles. The summed E-state index contributed by atoms with van der Waals surface area (Å²) in [4.78, 5) is 30.7. The molecule has 1 amide bonds. The molecule has 1 aliphatic rings. The molecule has 1 aliphatic carbocycles. The average molecular weight is 526 g/mol. The van der Waals surface area contributed by atoms with Crippen LogP contribution in [0.2, 0.25) is 0 Å². The second-order valence-electron chi connectivity index (χ2n) is 9.63. The first-order valence-electron chi connectivity index (χ1n) is 12.8. The van der Waals surface area contributed by atoms with E-state index >= 15 is 0 Å². The number of aryl methyl sites for hydroxylation is 1. The number of rotatable bonds is 9. The molecule has 2 unspecified atom stereocenters. The van der Waals surface area contributed by atoms with Gasteiger partial charge in [-0.05, 0) is 50.3 Å². The number of carbonyl (C=O) groups excluding carboxylic acids is 2. The fourth-order valence-electron chi connectivity index (χ4n) is 4.49. The molecule has 2 atom stereocenters. The molecule has 1 heterocycles. The number of hydrogen-bond acceptors (Lipinski definition) is 9. The Balaban J connectivity index is 1.68. The Labute approximate surface area is 224 Å². The highest BCUT2D eigenvalue weighted by Gasteiger charge is 2.28. The van der Waals surface area contributed by atoms with Crippen LogP contribution < -0.4 is 16.3 Å². The second kappa shape index (κ2) is 13.7. The van der Waals surface area contributed by atoms with Crippen LogP contribution in [-0.2, 0) is 20.8 Å². The van der Waals surface area contributed by atoms with Gasteiger partial charge in [0.25, 0.3) is 0 Å². The van der Waals surface area contributed by atoms with E-state index in [1.807, 2.05) is 43.3 Å². The highest BCUT2D eigenvalue weighted by atomic mass is 16.6. The second-order valence-corrected chi connectivity index (χ2v) is 9.63. The first kappa shape index (κ1) is 28.8. The lowest BCUT2D eigenvalue weighted by Crippen LogP contribution is -2.33. The van der Waals surface area contributed by atoms with E-state index in [0.29, 0.717) is 41.5 Å². The number of methoxy groups -OCH3 is 1. The van der Waals surface area contributed by atoms with Crippen molar-refractivity contribution in [3.63, 3.8) is 0 Å². The number of amides is 1. The van der Waals surface area contributed by atoms with Gasteiger partial charge in [0.1, 0.15) is 12.4 Å². The number of nitrogens with zero attached hydrogens (tertiary/aromatic N) is 3. The quantitative estimate of drug-likeness (QED) is 0.218. The van der Waals surface area contributed by atoms with E-state index in [4.69, 9.17) is 25.8 Å². The summed E-state index contributed by atoms with van der Waals surface area (Å²) in [5.74, 6) is 6.31. The van der Waals surface area contributed by atoms with Crippen LogP contribution in [0.5, 0.6) is 5.75 Å². The van der Waals surface area contributed by atoms with Crippen molar-refractivity contribution < 1.29 is 23.8 Å². The third kappa shape index (κ3) is 7.85. The summed E-state index contributed by atoms with van der Waals surface area (Å²) < 4.78 is 16.7. The summed E-state index contributed by atoms with van der Waals surface area (Å²) >= 11 is 0. The van der Waals surface area contributed by atoms with E-state index in [-0.39, 0.29) is 24.6 Å². The lowest BCUT2D eigenvalue weighted by Gasteiger charge is -2.23. The highest BCUT2D eigenvalue weighted by molar-refractivity contribution is 5.72. The van der Waals surface area contributed by atoms with Crippen molar-refractivity contribution in [2.24, 2.45) is 17.5 Å². The van der Waals surface area contributed by atoms with Gasteiger partial charge in [-0.1, -0.05) is 36.8 Å². The zero-order valence-electron chi connectivity index (χ0n) is 22.7. The molecule has 0 radical (unpaired) electrons. The Hall–Kier alpha value is -3.79. The van der Waals surface area contributed by atoms with E-state index in [0.717, 1.165) is 31.2 Å². The Morgan fingerprint density at radius 2 is 1.79 bits per heavy atom. The fourth-order valence-corrected chi connectivity index (χ4v) is 4.49. The summed E-state index contributed by atoms with van der Waals surface area (Å²) in [5, 5.41) is 1.32. The molecule has 0 bridgehead atoms. The maximum atomic E-state index is 12.6.